The predicted octanol–water partition coefficient (Wildman–Crippen LogP) is 5.64. The van der Waals surface area contributed by atoms with E-state index in [2.05, 4.69) is 54.4 Å². The van der Waals surface area contributed by atoms with Crippen LogP contribution in [0.2, 0.25) is 0 Å². The van der Waals surface area contributed by atoms with Crippen molar-refractivity contribution in [3.63, 3.8) is 0 Å². The first-order chi connectivity index (χ1) is 14.2. The highest BCUT2D eigenvalue weighted by molar-refractivity contribution is 6.02. The SMILES string of the molecule is CCOc1ccccc1C1Oc2ccccc2C2CC(c3ccc(C)cc3)=NN21. The van der Waals surface area contributed by atoms with Crippen molar-refractivity contribution in [2.75, 3.05) is 6.61 Å². The first-order valence-corrected chi connectivity index (χ1v) is 10.1. The maximum Gasteiger partial charge on any atom is 0.217 e. The number of hydrogen-bond donors (Lipinski definition) is 0. The fourth-order valence-corrected chi connectivity index (χ4v) is 4.13. The molecule has 3 aromatic carbocycles. The van der Waals surface area contributed by atoms with Crippen LogP contribution in [0.5, 0.6) is 11.5 Å². The van der Waals surface area contributed by atoms with Gasteiger partial charge in [0.25, 0.3) is 0 Å². The quantitative estimate of drug-likeness (QED) is 0.584. The minimum atomic E-state index is -0.319. The number of aryl methyl sites for hydroxylation is 1. The lowest BCUT2D eigenvalue weighted by Gasteiger charge is -2.38. The van der Waals surface area contributed by atoms with E-state index in [0.717, 1.165) is 29.2 Å². The molecule has 2 heterocycles. The molecule has 3 aromatic rings. The standard InChI is InChI=1S/C25H24N2O2/c1-3-28-23-10-6-5-9-20(23)25-27-22(19-8-4-7-11-24(19)29-25)16-21(26-27)18-14-12-17(2)13-15-18/h4-15,22,25H,3,16H2,1-2H3. The van der Waals surface area contributed by atoms with Crippen LogP contribution in [-0.4, -0.2) is 17.3 Å². The number of ether oxygens (including phenoxy) is 2. The fourth-order valence-electron chi connectivity index (χ4n) is 4.13. The number of fused-ring (bicyclic) bond motifs is 3. The van der Waals surface area contributed by atoms with Crippen molar-refractivity contribution in [3.8, 4) is 11.5 Å². The molecule has 2 unspecified atom stereocenters. The van der Waals surface area contributed by atoms with E-state index < -0.39 is 0 Å². The minimum absolute atomic E-state index is 0.149. The lowest BCUT2D eigenvalue weighted by molar-refractivity contribution is -0.0205. The van der Waals surface area contributed by atoms with E-state index in [-0.39, 0.29) is 12.3 Å². The smallest absolute Gasteiger partial charge is 0.217 e. The lowest BCUT2D eigenvalue weighted by atomic mass is 9.95. The van der Waals surface area contributed by atoms with E-state index in [9.17, 15) is 0 Å². The Kier molecular flexibility index (Phi) is 4.47. The summed E-state index contributed by atoms with van der Waals surface area (Å²) in [6.07, 6.45) is 0.539. The third kappa shape index (κ3) is 3.15. The largest absolute Gasteiger partial charge is 0.493 e. The van der Waals surface area contributed by atoms with Gasteiger partial charge in [0, 0.05) is 12.0 Å². The van der Waals surface area contributed by atoms with Gasteiger partial charge in [-0.15, -0.1) is 0 Å². The van der Waals surface area contributed by atoms with Crippen molar-refractivity contribution in [2.24, 2.45) is 5.10 Å². The van der Waals surface area contributed by atoms with Crippen LogP contribution in [0.25, 0.3) is 0 Å². The van der Waals surface area contributed by atoms with Gasteiger partial charge in [0.1, 0.15) is 11.5 Å². The molecule has 0 saturated heterocycles. The molecule has 0 amide bonds. The Morgan fingerprint density at radius 2 is 1.69 bits per heavy atom. The van der Waals surface area contributed by atoms with Crippen LogP contribution in [0.3, 0.4) is 0 Å². The summed E-state index contributed by atoms with van der Waals surface area (Å²) in [4.78, 5) is 0. The number of nitrogens with zero attached hydrogens (tertiary/aromatic N) is 2. The van der Waals surface area contributed by atoms with E-state index >= 15 is 0 Å². The van der Waals surface area contributed by atoms with Crippen molar-refractivity contribution >= 4 is 5.71 Å². The Morgan fingerprint density at radius 1 is 0.966 bits per heavy atom. The molecule has 0 radical (unpaired) electrons. The molecule has 4 nitrogen and oxygen atoms in total. The molecule has 146 valence electrons. The van der Waals surface area contributed by atoms with Gasteiger partial charge < -0.3 is 9.47 Å². The van der Waals surface area contributed by atoms with Crippen LogP contribution in [0.1, 0.15) is 47.9 Å². The Bertz CT molecular complexity index is 1060. The molecule has 5 rings (SSSR count). The van der Waals surface area contributed by atoms with Crippen molar-refractivity contribution in [1.82, 2.24) is 5.01 Å². The molecule has 0 saturated carbocycles. The Morgan fingerprint density at radius 3 is 2.48 bits per heavy atom. The van der Waals surface area contributed by atoms with Gasteiger partial charge in [-0.2, -0.15) is 5.10 Å². The normalized spacial score (nSPS) is 19.8. The Balaban J connectivity index is 1.60. The second-order valence-electron chi connectivity index (χ2n) is 7.49. The van der Waals surface area contributed by atoms with Crippen LogP contribution >= 0.6 is 0 Å². The zero-order valence-electron chi connectivity index (χ0n) is 16.7. The van der Waals surface area contributed by atoms with E-state index in [0.29, 0.717) is 6.61 Å². The molecule has 0 bridgehead atoms. The molecule has 0 aromatic heterocycles. The van der Waals surface area contributed by atoms with Gasteiger partial charge in [-0.25, -0.2) is 5.01 Å². The molecule has 2 aliphatic rings. The van der Waals surface area contributed by atoms with Gasteiger partial charge in [-0.3, -0.25) is 0 Å². The highest BCUT2D eigenvalue weighted by Gasteiger charge is 2.41. The lowest BCUT2D eigenvalue weighted by Crippen LogP contribution is -2.34. The van der Waals surface area contributed by atoms with Crippen LogP contribution in [-0.2, 0) is 0 Å². The highest BCUT2D eigenvalue weighted by Crippen LogP contribution is 2.48. The van der Waals surface area contributed by atoms with Gasteiger partial charge in [0.05, 0.1) is 23.9 Å². The number of rotatable bonds is 4. The first kappa shape index (κ1) is 17.8. The molecular weight excluding hydrogens is 360 g/mol. The summed E-state index contributed by atoms with van der Waals surface area (Å²) in [6, 6.07) is 25.1. The summed E-state index contributed by atoms with van der Waals surface area (Å²) in [7, 11) is 0. The van der Waals surface area contributed by atoms with Crippen molar-refractivity contribution < 1.29 is 9.47 Å². The molecule has 0 N–H and O–H groups in total. The van der Waals surface area contributed by atoms with Crippen LogP contribution in [0, 0.1) is 6.92 Å². The summed E-state index contributed by atoms with van der Waals surface area (Å²) in [5, 5.41) is 7.14. The average Bonchev–Trinajstić information content (AvgIpc) is 3.20. The van der Waals surface area contributed by atoms with E-state index in [4.69, 9.17) is 14.6 Å². The topological polar surface area (TPSA) is 34.1 Å². The van der Waals surface area contributed by atoms with Crippen LogP contribution in [0.15, 0.2) is 77.9 Å². The van der Waals surface area contributed by atoms with E-state index in [1.165, 1.54) is 16.7 Å². The zero-order valence-corrected chi connectivity index (χ0v) is 16.7. The minimum Gasteiger partial charge on any atom is -0.493 e. The summed E-state index contributed by atoms with van der Waals surface area (Å²) in [5.74, 6) is 1.77. The van der Waals surface area contributed by atoms with Gasteiger partial charge in [0.15, 0.2) is 0 Å². The van der Waals surface area contributed by atoms with Gasteiger partial charge >= 0.3 is 0 Å². The first-order valence-electron chi connectivity index (χ1n) is 10.1. The third-order valence-corrected chi connectivity index (χ3v) is 5.57. The maximum absolute atomic E-state index is 6.46. The zero-order chi connectivity index (χ0) is 19.8. The summed E-state index contributed by atoms with van der Waals surface area (Å²) in [6.45, 7) is 4.72. The number of benzene rings is 3. The summed E-state index contributed by atoms with van der Waals surface area (Å²) >= 11 is 0. The second kappa shape index (κ2) is 7.28. The van der Waals surface area contributed by atoms with Crippen LogP contribution in [0.4, 0.5) is 0 Å². The van der Waals surface area contributed by atoms with E-state index in [1.54, 1.807) is 0 Å². The number of hydrazone groups is 1. The predicted molar refractivity (Wildman–Crippen MR) is 114 cm³/mol. The maximum atomic E-state index is 6.46. The van der Waals surface area contributed by atoms with Crippen molar-refractivity contribution in [3.05, 3.63) is 95.1 Å². The van der Waals surface area contributed by atoms with Crippen LogP contribution < -0.4 is 9.47 Å². The number of hydrogen-bond acceptors (Lipinski definition) is 4. The van der Waals surface area contributed by atoms with Gasteiger partial charge in [-0.1, -0.05) is 60.2 Å². The summed E-state index contributed by atoms with van der Waals surface area (Å²) < 4.78 is 12.4. The molecular formula is C25H24N2O2. The second-order valence-corrected chi connectivity index (χ2v) is 7.49. The molecule has 0 spiro atoms. The van der Waals surface area contributed by atoms with Crippen molar-refractivity contribution in [2.45, 2.75) is 32.5 Å². The number of para-hydroxylation sites is 2. The molecule has 4 heteroatoms. The monoisotopic (exact) mass is 384 g/mol. The van der Waals surface area contributed by atoms with E-state index in [1.807, 2.05) is 37.3 Å². The molecule has 29 heavy (non-hydrogen) atoms. The molecule has 0 aliphatic carbocycles. The molecule has 0 fully saturated rings. The van der Waals surface area contributed by atoms with Gasteiger partial charge in [-0.05, 0) is 37.6 Å². The third-order valence-electron chi connectivity index (χ3n) is 5.57. The molecule has 2 atom stereocenters. The van der Waals surface area contributed by atoms with Crippen molar-refractivity contribution in [1.29, 1.82) is 0 Å². The molecule has 2 aliphatic heterocycles. The Labute approximate surface area is 171 Å². The summed E-state index contributed by atoms with van der Waals surface area (Å²) in [5.41, 5.74) is 5.70. The van der Waals surface area contributed by atoms with Gasteiger partial charge in [0.2, 0.25) is 6.23 Å². The highest BCUT2D eigenvalue weighted by atomic mass is 16.5. The Hall–Kier alpha value is -3.27. The average molecular weight is 384 g/mol. The fraction of sp³-hybridized carbons (Fsp3) is 0.240.